The average molecular weight is 268 g/mol. The molecular formula is C14H12N4O2. The molecule has 0 spiro atoms. The van der Waals surface area contributed by atoms with E-state index < -0.39 is 11.2 Å². The van der Waals surface area contributed by atoms with Gasteiger partial charge in [0, 0.05) is 17.8 Å². The number of hydrogen-bond acceptors (Lipinski definition) is 4. The third kappa shape index (κ3) is 2.07. The van der Waals surface area contributed by atoms with Crippen LogP contribution in [-0.2, 0) is 6.54 Å². The molecule has 0 radical (unpaired) electrons. The van der Waals surface area contributed by atoms with Crippen molar-refractivity contribution in [1.29, 1.82) is 0 Å². The maximum absolute atomic E-state index is 11.8. The van der Waals surface area contributed by atoms with E-state index >= 15 is 0 Å². The van der Waals surface area contributed by atoms with Gasteiger partial charge in [0.1, 0.15) is 5.69 Å². The molecule has 3 rings (SSSR count). The topological polar surface area (TPSA) is 93.8 Å². The second kappa shape index (κ2) is 4.65. The Balaban J connectivity index is 2.13. The minimum absolute atomic E-state index is 0.0118. The Hall–Kier alpha value is -2.89. The maximum atomic E-state index is 11.8. The van der Waals surface area contributed by atoms with Crippen LogP contribution in [0.5, 0.6) is 0 Å². The highest BCUT2D eigenvalue weighted by Gasteiger charge is 2.06. The summed E-state index contributed by atoms with van der Waals surface area (Å²) in [5, 5.41) is 0.996. The van der Waals surface area contributed by atoms with Gasteiger partial charge in [-0.25, -0.2) is 4.79 Å². The van der Waals surface area contributed by atoms with Gasteiger partial charge in [-0.3, -0.25) is 19.3 Å². The Labute approximate surface area is 113 Å². The molecule has 0 fully saturated rings. The van der Waals surface area contributed by atoms with Crippen molar-refractivity contribution in [2.75, 3.05) is 5.73 Å². The van der Waals surface area contributed by atoms with E-state index in [2.05, 4.69) is 9.97 Å². The molecule has 6 heteroatoms. The van der Waals surface area contributed by atoms with Gasteiger partial charge in [-0.15, -0.1) is 0 Å². The second-order valence-corrected chi connectivity index (χ2v) is 4.46. The average Bonchev–Trinajstić information content (AvgIpc) is 2.45. The van der Waals surface area contributed by atoms with E-state index in [1.807, 2.05) is 30.3 Å². The van der Waals surface area contributed by atoms with E-state index in [1.165, 1.54) is 10.8 Å². The molecule has 0 atom stereocenters. The minimum atomic E-state index is -0.567. The Morgan fingerprint density at radius 2 is 2.00 bits per heavy atom. The molecule has 3 aromatic rings. The highest BCUT2D eigenvalue weighted by molar-refractivity contribution is 5.81. The third-order valence-corrected chi connectivity index (χ3v) is 3.10. The van der Waals surface area contributed by atoms with E-state index in [4.69, 9.17) is 5.73 Å². The van der Waals surface area contributed by atoms with Crippen molar-refractivity contribution in [3.63, 3.8) is 0 Å². The molecule has 0 saturated heterocycles. The van der Waals surface area contributed by atoms with Gasteiger partial charge in [-0.1, -0.05) is 24.3 Å². The zero-order valence-corrected chi connectivity index (χ0v) is 10.5. The van der Waals surface area contributed by atoms with Crippen LogP contribution in [0.2, 0.25) is 0 Å². The molecule has 0 unspecified atom stereocenters. The molecule has 0 aliphatic rings. The third-order valence-electron chi connectivity index (χ3n) is 3.10. The van der Waals surface area contributed by atoms with Crippen LogP contribution in [0.3, 0.4) is 0 Å². The van der Waals surface area contributed by atoms with Crippen molar-refractivity contribution in [1.82, 2.24) is 14.5 Å². The summed E-state index contributed by atoms with van der Waals surface area (Å²) in [5.41, 5.74) is 6.20. The summed E-state index contributed by atoms with van der Waals surface area (Å²) in [7, 11) is 0. The summed E-state index contributed by atoms with van der Waals surface area (Å²) in [5.74, 6) is 0. The first-order valence-corrected chi connectivity index (χ1v) is 6.07. The van der Waals surface area contributed by atoms with Gasteiger partial charge in [0.05, 0.1) is 12.1 Å². The number of hydrogen-bond donors (Lipinski definition) is 2. The van der Waals surface area contributed by atoms with E-state index in [-0.39, 0.29) is 5.69 Å². The standard InChI is InChI=1S/C14H12N4O2/c15-11-8-18(14(20)17-13(11)19)7-10-4-1-3-9-5-2-6-16-12(9)10/h1-6,8H,7,15H2,(H,17,19,20). The lowest BCUT2D eigenvalue weighted by molar-refractivity contribution is 0.726. The molecule has 20 heavy (non-hydrogen) atoms. The van der Waals surface area contributed by atoms with Crippen molar-refractivity contribution < 1.29 is 0 Å². The van der Waals surface area contributed by atoms with Gasteiger partial charge < -0.3 is 5.73 Å². The molecule has 1 aromatic carbocycles. The molecule has 2 aromatic heterocycles. The lowest BCUT2D eigenvalue weighted by atomic mass is 10.1. The van der Waals surface area contributed by atoms with Crippen molar-refractivity contribution >= 4 is 16.6 Å². The molecule has 0 aliphatic heterocycles. The first kappa shape index (κ1) is 12.2. The number of pyridine rings is 1. The van der Waals surface area contributed by atoms with Crippen LogP contribution < -0.4 is 17.0 Å². The fourth-order valence-electron chi connectivity index (χ4n) is 2.12. The summed E-state index contributed by atoms with van der Waals surface area (Å²) in [6.45, 7) is 0.300. The van der Waals surface area contributed by atoms with Gasteiger partial charge in [-0.2, -0.15) is 0 Å². The number of anilines is 1. The summed E-state index contributed by atoms with van der Waals surface area (Å²) in [4.78, 5) is 29.5. The van der Waals surface area contributed by atoms with E-state index in [9.17, 15) is 9.59 Å². The Morgan fingerprint density at radius 1 is 1.20 bits per heavy atom. The zero-order valence-electron chi connectivity index (χ0n) is 10.5. The number of para-hydroxylation sites is 1. The predicted octanol–water partition coefficient (Wildman–Crippen LogP) is 0.715. The van der Waals surface area contributed by atoms with Gasteiger partial charge in [0.15, 0.2) is 0 Å². The Morgan fingerprint density at radius 3 is 2.85 bits per heavy atom. The van der Waals surface area contributed by atoms with Gasteiger partial charge in [0.2, 0.25) is 0 Å². The highest BCUT2D eigenvalue weighted by Crippen LogP contribution is 2.16. The number of nitrogens with two attached hydrogens (primary N) is 1. The lowest BCUT2D eigenvalue weighted by Crippen LogP contribution is -2.31. The number of H-pyrrole nitrogens is 1. The Bertz CT molecular complexity index is 890. The van der Waals surface area contributed by atoms with Crippen LogP contribution in [0.4, 0.5) is 5.69 Å². The van der Waals surface area contributed by atoms with Crippen molar-refractivity contribution in [3.8, 4) is 0 Å². The first-order valence-electron chi connectivity index (χ1n) is 6.07. The number of rotatable bonds is 2. The van der Waals surface area contributed by atoms with Gasteiger partial charge in [0.25, 0.3) is 5.56 Å². The fraction of sp³-hybridized carbons (Fsp3) is 0.0714. The van der Waals surface area contributed by atoms with Crippen LogP contribution in [0, 0.1) is 0 Å². The van der Waals surface area contributed by atoms with Gasteiger partial charge >= 0.3 is 5.69 Å². The van der Waals surface area contributed by atoms with E-state index in [0.717, 1.165) is 16.5 Å². The number of nitrogens with one attached hydrogen (secondary N) is 1. The number of benzene rings is 1. The Kier molecular flexibility index (Phi) is 2.83. The van der Waals surface area contributed by atoms with E-state index in [0.29, 0.717) is 6.54 Å². The van der Waals surface area contributed by atoms with Crippen LogP contribution in [0.15, 0.2) is 52.3 Å². The molecule has 0 amide bonds. The normalized spacial score (nSPS) is 10.8. The SMILES string of the molecule is Nc1cn(Cc2cccc3cccnc23)c(=O)[nH]c1=O. The molecule has 0 bridgehead atoms. The lowest BCUT2D eigenvalue weighted by Gasteiger charge is -2.08. The summed E-state index contributed by atoms with van der Waals surface area (Å²) >= 11 is 0. The largest absolute Gasteiger partial charge is 0.393 e. The molecular weight excluding hydrogens is 256 g/mol. The molecule has 3 N–H and O–H groups in total. The smallest absolute Gasteiger partial charge is 0.328 e. The van der Waals surface area contributed by atoms with Crippen LogP contribution >= 0.6 is 0 Å². The predicted molar refractivity (Wildman–Crippen MR) is 76.6 cm³/mol. The molecule has 0 aliphatic carbocycles. The molecule has 2 heterocycles. The molecule has 100 valence electrons. The van der Waals surface area contributed by atoms with Crippen LogP contribution in [0.1, 0.15) is 5.56 Å². The quantitative estimate of drug-likeness (QED) is 0.716. The van der Waals surface area contributed by atoms with Crippen LogP contribution in [0.25, 0.3) is 10.9 Å². The van der Waals surface area contributed by atoms with E-state index in [1.54, 1.807) is 6.20 Å². The number of aromatic amines is 1. The zero-order chi connectivity index (χ0) is 14.1. The minimum Gasteiger partial charge on any atom is -0.393 e. The van der Waals surface area contributed by atoms with Crippen molar-refractivity contribution in [3.05, 3.63) is 69.1 Å². The maximum Gasteiger partial charge on any atom is 0.328 e. The van der Waals surface area contributed by atoms with Gasteiger partial charge in [-0.05, 0) is 11.6 Å². The number of fused-ring (bicyclic) bond motifs is 1. The summed E-state index contributed by atoms with van der Waals surface area (Å²) < 4.78 is 1.36. The molecule has 6 nitrogen and oxygen atoms in total. The van der Waals surface area contributed by atoms with Crippen molar-refractivity contribution in [2.24, 2.45) is 0 Å². The monoisotopic (exact) mass is 268 g/mol. The fourth-order valence-corrected chi connectivity index (χ4v) is 2.12. The summed E-state index contributed by atoms with van der Waals surface area (Å²) in [6.07, 6.45) is 3.05. The number of nitrogens with zero attached hydrogens (tertiary/aromatic N) is 2. The second-order valence-electron chi connectivity index (χ2n) is 4.46. The molecule has 0 saturated carbocycles. The highest BCUT2D eigenvalue weighted by atomic mass is 16.2. The number of nitrogen functional groups attached to an aromatic ring is 1. The number of aromatic nitrogens is 3. The van der Waals surface area contributed by atoms with Crippen LogP contribution in [-0.4, -0.2) is 14.5 Å². The summed E-state index contributed by atoms with van der Waals surface area (Å²) in [6, 6.07) is 9.56. The first-order chi connectivity index (χ1) is 9.65. The van der Waals surface area contributed by atoms with Crippen molar-refractivity contribution in [2.45, 2.75) is 6.54 Å².